The molecule has 3 aromatic rings. The summed E-state index contributed by atoms with van der Waals surface area (Å²) >= 11 is 6.66. The minimum atomic E-state index is -0.393. The molecular formula is C21H18ClN3O2. The lowest BCUT2D eigenvalue weighted by molar-refractivity contribution is -0.134. The second kappa shape index (κ2) is 7.37. The summed E-state index contributed by atoms with van der Waals surface area (Å²) in [5.41, 5.74) is 3.80. The zero-order valence-electron chi connectivity index (χ0n) is 14.6. The van der Waals surface area contributed by atoms with Gasteiger partial charge in [-0.1, -0.05) is 54.1 Å². The van der Waals surface area contributed by atoms with Crippen molar-refractivity contribution in [3.8, 4) is 11.1 Å². The van der Waals surface area contributed by atoms with Crippen LogP contribution in [0, 0.1) is 0 Å². The smallest absolute Gasteiger partial charge is 0.234 e. The molecule has 0 spiro atoms. The summed E-state index contributed by atoms with van der Waals surface area (Å²) in [4.78, 5) is 27.7. The van der Waals surface area contributed by atoms with Gasteiger partial charge in [0, 0.05) is 30.9 Å². The number of imide groups is 1. The van der Waals surface area contributed by atoms with Crippen molar-refractivity contribution in [3.63, 3.8) is 0 Å². The predicted molar refractivity (Wildman–Crippen MR) is 103 cm³/mol. The molecule has 1 fully saturated rings. The highest BCUT2D eigenvalue weighted by atomic mass is 35.5. The molecule has 1 N–H and O–H groups in total. The van der Waals surface area contributed by atoms with Gasteiger partial charge in [0.15, 0.2) is 0 Å². The first-order valence-corrected chi connectivity index (χ1v) is 9.17. The summed E-state index contributed by atoms with van der Waals surface area (Å²) in [5, 5.41) is 2.96. The fourth-order valence-electron chi connectivity index (χ4n) is 3.41. The number of nitrogens with zero attached hydrogens (tertiary/aromatic N) is 2. The van der Waals surface area contributed by atoms with Crippen LogP contribution in [0.25, 0.3) is 11.1 Å². The van der Waals surface area contributed by atoms with Gasteiger partial charge in [0.2, 0.25) is 11.8 Å². The number of hydrogen-bond acceptors (Lipinski definition) is 3. The van der Waals surface area contributed by atoms with E-state index in [9.17, 15) is 9.59 Å². The lowest BCUT2D eigenvalue weighted by Gasteiger charge is -2.23. The molecular weight excluding hydrogens is 362 g/mol. The number of piperidine rings is 1. The molecule has 136 valence electrons. The van der Waals surface area contributed by atoms with E-state index < -0.39 is 5.92 Å². The summed E-state index contributed by atoms with van der Waals surface area (Å²) in [7, 11) is 0. The van der Waals surface area contributed by atoms with Crippen LogP contribution < -0.4 is 5.32 Å². The maximum Gasteiger partial charge on any atom is 0.234 e. The Balaban J connectivity index is 1.60. The van der Waals surface area contributed by atoms with Gasteiger partial charge in [-0.2, -0.15) is 0 Å². The highest BCUT2D eigenvalue weighted by Gasteiger charge is 2.30. The summed E-state index contributed by atoms with van der Waals surface area (Å²) < 4.78 is 2.01. The van der Waals surface area contributed by atoms with E-state index in [4.69, 9.17) is 11.6 Å². The Labute approximate surface area is 162 Å². The van der Waals surface area contributed by atoms with E-state index in [1.54, 1.807) is 12.5 Å². The van der Waals surface area contributed by atoms with Gasteiger partial charge >= 0.3 is 0 Å². The van der Waals surface area contributed by atoms with Crippen molar-refractivity contribution in [2.45, 2.75) is 25.3 Å². The molecule has 2 aromatic carbocycles. The monoisotopic (exact) mass is 379 g/mol. The zero-order valence-corrected chi connectivity index (χ0v) is 15.3. The molecule has 27 heavy (non-hydrogen) atoms. The van der Waals surface area contributed by atoms with Crippen LogP contribution in [0.1, 0.15) is 29.9 Å². The molecule has 1 aliphatic heterocycles. The van der Waals surface area contributed by atoms with E-state index in [0.29, 0.717) is 17.9 Å². The first-order chi connectivity index (χ1) is 13.1. The minimum Gasteiger partial charge on any atom is -0.333 e. The van der Waals surface area contributed by atoms with Gasteiger partial charge in [-0.15, -0.1) is 0 Å². The van der Waals surface area contributed by atoms with Crippen LogP contribution in [0.2, 0.25) is 5.02 Å². The topological polar surface area (TPSA) is 64.0 Å². The van der Waals surface area contributed by atoms with Crippen LogP contribution >= 0.6 is 11.6 Å². The molecule has 5 nitrogen and oxygen atoms in total. The number of rotatable bonds is 4. The van der Waals surface area contributed by atoms with Gasteiger partial charge in [-0.25, -0.2) is 4.98 Å². The normalized spacial score (nSPS) is 17.0. The fourth-order valence-corrected chi connectivity index (χ4v) is 3.78. The zero-order chi connectivity index (χ0) is 18.8. The molecule has 1 saturated heterocycles. The van der Waals surface area contributed by atoms with Crippen LogP contribution in [0.4, 0.5) is 0 Å². The van der Waals surface area contributed by atoms with Crippen LogP contribution in [0.3, 0.4) is 0 Å². The average Bonchev–Trinajstić information content (AvgIpc) is 3.16. The molecule has 1 aliphatic rings. The first kappa shape index (κ1) is 17.5. The van der Waals surface area contributed by atoms with Gasteiger partial charge in [0.1, 0.15) is 0 Å². The first-order valence-electron chi connectivity index (χ1n) is 8.79. The van der Waals surface area contributed by atoms with Crippen molar-refractivity contribution in [3.05, 3.63) is 77.3 Å². The summed E-state index contributed by atoms with van der Waals surface area (Å²) in [5.74, 6) is -0.895. The fraction of sp³-hybridized carbons (Fsp3) is 0.190. The molecule has 6 heteroatoms. The van der Waals surface area contributed by atoms with Gasteiger partial charge in [0.25, 0.3) is 0 Å². The molecule has 1 aromatic heterocycles. The summed E-state index contributed by atoms with van der Waals surface area (Å²) in [6, 6.07) is 13.9. The third-order valence-corrected chi connectivity index (χ3v) is 5.25. The molecule has 0 saturated carbocycles. The Morgan fingerprint density at radius 3 is 2.67 bits per heavy atom. The van der Waals surface area contributed by atoms with Crippen molar-refractivity contribution in [1.29, 1.82) is 0 Å². The van der Waals surface area contributed by atoms with E-state index in [-0.39, 0.29) is 11.8 Å². The summed E-state index contributed by atoms with van der Waals surface area (Å²) in [6.07, 6.45) is 6.29. The second-order valence-electron chi connectivity index (χ2n) is 6.64. The molecule has 1 atom stereocenters. The highest BCUT2D eigenvalue weighted by molar-refractivity contribution is 6.34. The van der Waals surface area contributed by atoms with E-state index in [2.05, 4.69) is 22.4 Å². The number of imidazole rings is 1. The maximum absolute atomic E-state index is 12.2. The van der Waals surface area contributed by atoms with Gasteiger partial charge in [-0.05, 0) is 23.1 Å². The number of amides is 2. The third-order valence-electron chi connectivity index (χ3n) is 4.83. The lowest BCUT2D eigenvalue weighted by Crippen LogP contribution is -2.39. The molecule has 0 aliphatic carbocycles. The van der Waals surface area contributed by atoms with Crippen molar-refractivity contribution in [1.82, 2.24) is 14.9 Å². The Morgan fingerprint density at radius 2 is 1.96 bits per heavy atom. The van der Waals surface area contributed by atoms with E-state index >= 15 is 0 Å². The number of aromatic nitrogens is 2. The molecule has 2 heterocycles. The van der Waals surface area contributed by atoms with Crippen LogP contribution in [0.15, 0.2) is 61.2 Å². The van der Waals surface area contributed by atoms with Gasteiger partial charge in [-0.3, -0.25) is 14.9 Å². The molecule has 0 radical (unpaired) electrons. The number of benzene rings is 2. The van der Waals surface area contributed by atoms with Gasteiger partial charge < -0.3 is 4.57 Å². The molecule has 1 unspecified atom stereocenters. The Kier molecular flexibility index (Phi) is 4.77. The predicted octanol–water partition coefficient (Wildman–Crippen LogP) is 3.77. The molecule has 0 bridgehead atoms. The Hall–Kier alpha value is -2.92. The number of carbonyl (C=O) groups excluding carboxylic acids is 2. The van der Waals surface area contributed by atoms with Crippen LogP contribution in [-0.2, 0) is 16.1 Å². The van der Waals surface area contributed by atoms with Gasteiger partial charge in [0.05, 0.1) is 17.3 Å². The number of halogens is 1. The number of nitrogens with one attached hydrogen (secondary N) is 1. The Bertz CT molecular complexity index is 981. The largest absolute Gasteiger partial charge is 0.333 e. The van der Waals surface area contributed by atoms with Crippen LogP contribution in [-0.4, -0.2) is 21.4 Å². The molecule has 2 amide bonds. The van der Waals surface area contributed by atoms with Crippen LogP contribution in [0.5, 0.6) is 0 Å². The minimum absolute atomic E-state index is 0.225. The maximum atomic E-state index is 12.2. The van der Waals surface area contributed by atoms with E-state index in [1.807, 2.05) is 41.1 Å². The average molecular weight is 380 g/mol. The second-order valence-corrected chi connectivity index (χ2v) is 7.02. The third kappa shape index (κ3) is 3.64. The quantitative estimate of drug-likeness (QED) is 0.702. The van der Waals surface area contributed by atoms with E-state index in [0.717, 1.165) is 28.8 Å². The van der Waals surface area contributed by atoms with E-state index in [1.165, 1.54) is 0 Å². The van der Waals surface area contributed by atoms with Crippen molar-refractivity contribution in [2.24, 2.45) is 0 Å². The standard InChI is InChI=1S/C21H18ClN3O2/c22-20-16(2-1-3-17(20)18-8-9-19(26)24-21(18)27)15-6-4-14(5-7-15)12-25-11-10-23-13-25/h1-7,10-11,13,18H,8-9,12H2,(H,24,26,27). The van der Waals surface area contributed by atoms with Crippen molar-refractivity contribution in [2.75, 3.05) is 0 Å². The lowest BCUT2D eigenvalue weighted by atomic mass is 9.88. The molecule has 4 rings (SSSR count). The van der Waals surface area contributed by atoms with Crippen molar-refractivity contribution < 1.29 is 9.59 Å². The van der Waals surface area contributed by atoms with Crippen molar-refractivity contribution >= 4 is 23.4 Å². The Morgan fingerprint density at radius 1 is 1.15 bits per heavy atom. The SMILES string of the molecule is O=C1CCC(c2cccc(-c3ccc(Cn4ccnc4)cc3)c2Cl)C(=O)N1. The summed E-state index contributed by atoms with van der Waals surface area (Å²) in [6.45, 7) is 0.754. The highest BCUT2D eigenvalue weighted by Crippen LogP contribution is 2.37. The number of hydrogen-bond donors (Lipinski definition) is 1. The number of carbonyl (C=O) groups is 2.